The standard InChI is InChI=1S/C13H16N4O2/c1-9-5-12(17-14)16-13(15-9)8-19-11-4-2-3-10(6-11)7-18/h2-6,18H,7-8,14H2,1H3,(H,15,16,17). The molecule has 0 radical (unpaired) electrons. The summed E-state index contributed by atoms with van der Waals surface area (Å²) < 4.78 is 5.58. The number of aliphatic hydroxyl groups is 1. The maximum absolute atomic E-state index is 9.05. The van der Waals surface area contributed by atoms with Gasteiger partial charge in [0.2, 0.25) is 0 Å². The highest BCUT2D eigenvalue weighted by molar-refractivity contribution is 5.34. The van der Waals surface area contributed by atoms with Crippen molar-refractivity contribution < 1.29 is 9.84 Å². The van der Waals surface area contributed by atoms with E-state index in [4.69, 9.17) is 15.7 Å². The van der Waals surface area contributed by atoms with Crippen LogP contribution in [0.2, 0.25) is 0 Å². The number of hydrogen-bond acceptors (Lipinski definition) is 6. The largest absolute Gasteiger partial charge is 0.486 e. The average molecular weight is 260 g/mol. The second-order valence-corrected chi connectivity index (χ2v) is 4.05. The smallest absolute Gasteiger partial charge is 0.168 e. The Kier molecular flexibility index (Phi) is 4.27. The summed E-state index contributed by atoms with van der Waals surface area (Å²) in [5.41, 5.74) is 4.09. The van der Waals surface area contributed by atoms with Gasteiger partial charge in [-0.05, 0) is 24.6 Å². The molecule has 0 saturated heterocycles. The van der Waals surface area contributed by atoms with Crippen molar-refractivity contribution in [3.8, 4) is 5.75 Å². The summed E-state index contributed by atoms with van der Waals surface area (Å²) in [6, 6.07) is 8.99. The third-order valence-electron chi connectivity index (χ3n) is 2.50. The zero-order valence-electron chi connectivity index (χ0n) is 10.6. The number of aromatic nitrogens is 2. The number of aliphatic hydroxyl groups excluding tert-OH is 1. The molecule has 0 aliphatic heterocycles. The summed E-state index contributed by atoms with van der Waals surface area (Å²) in [5.74, 6) is 7.08. The molecule has 19 heavy (non-hydrogen) atoms. The lowest BCUT2D eigenvalue weighted by Crippen LogP contribution is -2.12. The highest BCUT2D eigenvalue weighted by Crippen LogP contribution is 2.15. The van der Waals surface area contributed by atoms with Gasteiger partial charge in [0, 0.05) is 11.8 Å². The van der Waals surface area contributed by atoms with E-state index in [1.807, 2.05) is 25.1 Å². The molecule has 6 heteroatoms. The Hall–Kier alpha value is -2.18. The minimum absolute atomic E-state index is 0.0145. The van der Waals surface area contributed by atoms with Crippen LogP contribution in [0.15, 0.2) is 30.3 Å². The molecule has 0 unspecified atom stereocenters. The molecule has 0 amide bonds. The van der Waals surface area contributed by atoms with Crippen molar-refractivity contribution in [3.63, 3.8) is 0 Å². The number of nitrogens with zero attached hydrogens (tertiary/aromatic N) is 2. The van der Waals surface area contributed by atoms with Crippen LogP contribution >= 0.6 is 0 Å². The lowest BCUT2D eigenvalue weighted by Gasteiger charge is -2.08. The number of nitrogens with one attached hydrogen (secondary N) is 1. The number of ether oxygens (including phenoxy) is 1. The van der Waals surface area contributed by atoms with E-state index in [1.54, 1.807) is 12.1 Å². The molecule has 0 aliphatic carbocycles. The van der Waals surface area contributed by atoms with Crippen molar-refractivity contribution in [1.82, 2.24) is 9.97 Å². The van der Waals surface area contributed by atoms with Gasteiger partial charge in [0.25, 0.3) is 0 Å². The maximum atomic E-state index is 9.05. The van der Waals surface area contributed by atoms with Crippen LogP contribution in [0.1, 0.15) is 17.1 Å². The number of aryl methyl sites for hydroxylation is 1. The zero-order chi connectivity index (χ0) is 13.7. The first-order chi connectivity index (χ1) is 9.21. The summed E-state index contributed by atoms with van der Waals surface area (Å²) in [6.45, 7) is 2.09. The van der Waals surface area contributed by atoms with E-state index in [0.717, 1.165) is 11.3 Å². The second kappa shape index (κ2) is 6.12. The summed E-state index contributed by atoms with van der Waals surface area (Å²) >= 11 is 0. The van der Waals surface area contributed by atoms with Crippen LogP contribution in [0.3, 0.4) is 0 Å². The first-order valence-electron chi connectivity index (χ1n) is 5.85. The Morgan fingerprint density at radius 2 is 2.16 bits per heavy atom. The average Bonchev–Trinajstić information content (AvgIpc) is 2.44. The van der Waals surface area contributed by atoms with Crippen molar-refractivity contribution in [3.05, 3.63) is 47.4 Å². The number of hydrogen-bond donors (Lipinski definition) is 3. The zero-order valence-corrected chi connectivity index (χ0v) is 10.6. The number of anilines is 1. The van der Waals surface area contributed by atoms with Crippen LogP contribution in [0, 0.1) is 6.92 Å². The number of benzene rings is 1. The molecular weight excluding hydrogens is 244 g/mol. The van der Waals surface area contributed by atoms with Crippen molar-refractivity contribution in [1.29, 1.82) is 0 Å². The number of hydrazine groups is 1. The van der Waals surface area contributed by atoms with Gasteiger partial charge < -0.3 is 15.3 Å². The lowest BCUT2D eigenvalue weighted by atomic mass is 10.2. The third-order valence-corrected chi connectivity index (χ3v) is 2.50. The molecule has 0 spiro atoms. The quantitative estimate of drug-likeness (QED) is 0.551. The fraction of sp³-hybridized carbons (Fsp3) is 0.231. The summed E-state index contributed by atoms with van der Waals surface area (Å²) in [6.07, 6.45) is 0. The highest BCUT2D eigenvalue weighted by Gasteiger charge is 2.03. The minimum atomic E-state index is -0.0145. The SMILES string of the molecule is Cc1cc(NN)nc(COc2cccc(CO)c2)n1. The summed E-state index contributed by atoms with van der Waals surface area (Å²) in [7, 11) is 0. The molecule has 0 aliphatic rings. The number of nitrogen functional groups attached to an aromatic ring is 1. The summed E-state index contributed by atoms with van der Waals surface area (Å²) in [4.78, 5) is 8.45. The second-order valence-electron chi connectivity index (χ2n) is 4.05. The number of rotatable bonds is 5. The Morgan fingerprint density at radius 3 is 2.89 bits per heavy atom. The molecule has 4 N–H and O–H groups in total. The third kappa shape index (κ3) is 3.64. The van der Waals surface area contributed by atoms with Gasteiger partial charge >= 0.3 is 0 Å². The van der Waals surface area contributed by atoms with E-state index >= 15 is 0 Å². The van der Waals surface area contributed by atoms with Crippen LogP contribution in [-0.4, -0.2) is 15.1 Å². The van der Waals surface area contributed by atoms with Crippen LogP contribution < -0.4 is 16.0 Å². The van der Waals surface area contributed by atoms with Crippen LogP contribution in [0.5, 0.6) is 5.75 Å². The molecule has 0 bridgehead atoms. The Bertz CT molecular complexity index is 560. The van der Waals surface area contributed by atoms with Crippen molar-refractivity contribution in [2.24, 2.45) is 5.84 Å². The van der Waals surface area contributed by atoms with E-state index in [0.29, 0.717) is 17.4 Å². The molecule has 2 aromatic rings. The fourth-order valence-electron chi connectivity index (χ4n) is 1.65. The molecule has 1 heterocycles. The van der Waals surface area contributed by atoms with E-state index in [1.165, 1.54) is 0 Å². The van der Waals surface area contributed by atoms with Gasteiger partial charge in [-0.2, -0.15) is 0 Å². The summed E-state index contributed by atoms with van der Waals surface area (Å²) in [5, 5.41) is 9.05. The van der Waals surface area contributed by atoms with Gasteiger partial charge in [0.15, 0.2) is 5.82 Å². The van der Waals surface area contributed by atoms with Crippen LogP contribution in [0.4, 0.5) is 5.82 Å². The molecule has 6 nitrogen and oxygen atoms in total. The van der Waals surface area contributed by atoms with E-state index in [-0.39, 0.29) is 13.2 Å². The number of nitrogens with two attached hydrogens (primary N) is 1. The highest BCUT2D eigenvalue weighted by atomic mass is 16.5. The normalized spacial score (nSPS) is 10.3. The van der Waals surface area contributed by atoms with Gasteiger partial charge in [-0.25, -0.2) is 15.8 Å². The molecule has 2 rings (SSSR count). The van der Waals surface area contributed by atoms with Gasteiger partial charge in [-0.15, -0.1) is 0 Å². The Morgan fingerprint density at radius 1 is 1.32 bits per heavy atom. The molecule has 0 fully saturated rings. The minimum Gasteiger partial charge on any atom is -0.486 e. The molecular formula is C13H16N4O2. The monoisotopic (exact) mass is 260 g/mol. The van der Waals surface area contributed by atoms with Crippen LogP contribution in [0.25, 0.3) is 0 Å². The van der Waals surface area contributed by atoms with E-state index < -0.39 is 0 Å². The van der Waals surface area contributed by atoms with Gasteiger partial charge in [0.05, 0.1) is 6.61 Å². The first kappa shape index (κ1) is 13.3. The van der Waals surface area contributed by atoms with Crippen molar-refractivity contribution in [2.45, 2.75) is 20.1 Å². The first-order valence-corrected chi connectivity index (χ1v) is 5.85. The molecule has 100 valence electrons. The molecule has 0 saturated carbocycles. The maximum Gasteiger partial charge on any atom is 0.168 e. The van der Waals surface area contributed by atoms with Gasteiger partial charge in [0.1, 0.15) is 18.2 Å². The van der Waals surface area contributed by atoms with E-state index in [2.05, 4.69) is 15.4 Å². The predicted octanol–water partition coefficient (Wildman–Crippen LogP) is 1.14. The molecule has 1 aromatic carbocycles. The Balaban J connectivity index is 2.07. The van der Waals surface area contributed by atoms with Crippen LogP contribution in [-0.2, 0) is 13.2 Å². The topological polar surface area (TPSA) is 93.3 Å². The molecule has 1 aromatic heterocycles. The Labute approximate surface area is 111 Å². The predicted molar refractivity (Wildman–Crippen MR) is 71.3 cm³/mol. The lowest BCUT2D eigenvalue weighted by molar-refractivity contribution is 0.276. The van der Waals surface area contributed by atoms with Crippen molar-refractivity contribution in [2.75, 3.05) is 5.43 Å². The fourth-order valence-corrected chi connectivity index (χ4v) is 1.65. The van der Waals surface area contributed by atoms with E-state index in [9.17, 15) is 0 Å². The van der Waals surface area contributed by atoms with Gasteiger partial charge in [-0.1, -0.05) is 12.1 Å². The molecule has 0 atom stereocenters. The van der Waals surface area contributed by atoms with Gasteiger partial charge in [-0.3, -0.25) is 0 Å². The van der Waals surface area contributed by atoms with Crippen molar-refractivity contribution >= 4 is 5.82 Å².